The van der Waals surface area contributed by atoms with Crippen molar-refractivity contribution in [3.8, 4) is 11.3 Å². The summed E-state index contributed by atoms with van der Waals surface area (Å²) in [5.74, 6) is 0.285. The number of anilines is 1. The fraction of sp³-hybridized carbons (Fsp3) is 0.190. The quantitative estimate of drug-likeness (QED) is 0.496. The highest BCUT2D eigenvalue weighted by molar-refractivity contribution is 6.02. The van der Waals surface area contributed by atoms with Crippen LogP contribution >= 0.6 is 0 Å². The maximum atomic E-state index is 12.4. The number of non-ortho nitro benzene ring substituents is 1. The molecule has 3 aromatic rings. The van der Waals surface area contributed by atoms with Crippen molar-refractivity contribution >= 4 is 17.3 Å². The minimum absolute atomic E-state index is 0.00183. The summed E-state index contributed by atoms with van der Waals surface area (Å²) in [6.45, 7) is 6.38. The van der Waals surface area contributed by atoms with Gasteiger partial charge in [0, 0.05) is 23.4 Å². The van der Waals surface area contributed by atoms with Gasteiger partial charge in [-0.3, -0.25) is 14.9 Å². The summed E-state index contributed by atoms with van der Waals surface area (Å²) in [4.78, 5) is 22.6. The largest absolute Gasteiger partial charge is 0.451 e. The number of benzene rings is 2. The fourth-order valence-corrected chi connectivity index (χ4v) is 2.61. The van der Waals surface area contributed by atoms with Crippen molar-refractivity contribution in [1.82, 2.24) is 0 Å². The van der Waals surface area contributed by atoms with Crippen molar-refractivity contribution in [2.24, 2.45) is 0 Å². The highest BCUT2D eigenvalue weighted by atomic mass is 16.6. The average molecular weight is 364 g/mol. The number of rotatable bonds is 4. The van der Waals surface area contributed by atoms with Gasteiger partial charge in [-0.05, 0) is 47.4 Å². The molecule has 0 atom stereocenters. The average Bonchev–Trinajstić information content (AvgIpc) is 3.12. The summed E-state index contributed by atoms with van der Waals surface area (Å²) < 4.78 is 5.60. The Morgan fingerprint density at radius 2 is 1.59 bits per heavy atom. The molecule has 0 spiro atoms. The van der Waals surface area contributed by atoms with Gasteiger partial charge in [0.05, 0.1) is 4.92 Å². The van der Waals surface area contributed by atoms with Gasteiger partial charge in [0.2, 0.25) is 0 Å². The molecule has 6 heteroatoms. The van der Waals surface area contributed by atoms with E-state index < -0.39 is 4.92 Å². The van der Waals surface area contributed by atoms with Crippen LogP contribution in [0, 0.1) is 10.1 Å². The molecule has 2 aromatic carbocycles. The first-order chi connectivity index (χ1) is 12.7. The molecule has 6 nitrogen and oxygen atoms in total. The van der Waals surface area contributed by atoms with Crippen LogP contribution in [0.2, 0.25) is 0 Å². The van der Waals surface area contributed by atoms with Crippen molar-refractivity contribution in [2.75, 3.05) is 5.32 Å². The molecule has 0 aliphatic rings. The lowest BCUT2D eigenvalue weighted by molar-refractivity contribution is -0.384. The molecule has 1 amide bonds. The van der Waals surface area contributed by atoms with Gasteiger partial charge in [0.1, 0.15) is 5.76 Å². The molecule has 3 rings (SSSR count). The van der Waals surface area contributed by atoms with Crippen LogP contribution in [0.15, 0.2) is 65.1 Å². The molecule has 0 bridgehead atoms. The number of carbonyl (C=O) groups is 1. The molecule has 138 valence electrons. The Balaban J connectivity index is 1.72. The maximum Gasteiger partial charge on any atom is 0.291 e. The summed E-state index contributed by atoms with van der Waals surface area (Å²) in [5, 5.41) is 13.5. The number of nitro benzene ring substituents is 1. The lowest BCUT2D eigenvalue weighted by Gasteiger charge is -2.19. The Hall–Kier alpha value is -3.41. The summed E-state index contributed by atoms with van der Waals surface area (Å²) >= 11 is 0. The lowest BCUT2D eigenvalue weighted by Crippen LogP contribution is -2.13. The minimum Gasteiger partial charge on any atom is -0.451 e. The highest BCUT2D eigenvalue weighted by Gasteiger charge is 2.15. The number of hydrogen-bond donors (Lipinski definition) is 1. The zero-order valence-corrected chi connectivity index (χ0v) is 15.4. The molecule has 1 heterocycles. The Kier molecular flexibility index (Phi) is 4.81. The predicted octanol–water partition coefficient (Wildman–Crippen LogP) is 5.40. The summed E-state index contributed by atoms with van der Waals surface area (Å²) in [5.41, 5.74) is 2.57. The van der Waals surface area contributed by atoms with E-state index in [1.807, 2.05) is 24.3 Å². The number of furan rings is 1. The van der Waals surface area contributed by atoms with Gasteiger partial charge in [0.25, 0.3) is 11.6 Å². The van der Waals surface area contributed by atoms with Crippen LogP contribution in [-0.4, -0.2) is 10.8 Å². The Bertz CT molecular complexity index is 965. The standard InChI is InChI=1S/C21H20N2O4/c1-21(2,3)15-6-8-16(9-7-15)22-20(24)19-13-12-18(27-19)14-4-10-17(11-5-14)23(25)26/h4-13H,1-3H3,(H,22,24). The Morgan fingerprint density at radius 3 is 2.15 bits per heavy atom. The van der Waals surface area contributed by atoms with Crippen LogP contribution in [0.1, 0.15) is 36.9 Å². The molecule has 0 fully saturated rings. The molecule has 0 saturated carbocycles. The molecule has 0 saturated heterocycles. The van der Waals surface area contributed by atoms with Crippen LogP contribution < -0.4 is 5.32 Å². The van der Waals surface area contributed by atoms with Crippen molar-refractivity contribution in [1.29, 1.82) is 0 Å². The van der Waals surface area contributed by atoms with Crippen molar-refractivity contribution in [3.05, 3.63) is 82.1 Å². The third-order valence-corrected chi connectivity index (χ3v) is 4.20. The summed E-state index contributed by atoms with van der Waals surface area (Å²) in [6.07, 6.45) is 0. The molecule has 0 aliphatic carbocycles. The molecule has 0 radical (unpaired) electrons. The van der Waals surface area contributed by atoms with Gasteiger partial charge >= 0.3 is 0 Å². The smallest absolute Gasteiger partial charge is 0.291 e. The number of nitrogens with one attached hydrogen (secondary N) is 1. The number of nitro groups is 1. The fourth-order valence-electron chi connectivity index (χ4n) is 2.61. The summed E-state index contributed by atoms with van der Waals surface area (Å²) in [6, 6.07) is 16.9. The van der Waals surface area contributed by atoms with Crippen LogP contribution in [0.3, 0.4) is 0 Å². The molecule has 0 aliphatic heterocycles. The molecular weight excluding hydrogens is 344 g/mol. The first-order valence-electron chi connectivity index (χ1n) is 8.50. The molecule has 0 unspecified atom stereocenters. The monoisotopic (exact) mass is 364 g/mol. The van der Waals surface area contributed by atoms with E-state index in [4.69, 9.17) is 4.42 Å². The number of nitrogens with zero attached hydrogens (tertiary/aromatic N) is 1. The second kappa shape index (κ2) is 7.07. The van der Waals surface area contributed by atoms with Crippen molar-refractivity contribution in [2.45, 2.75) is 26.2 Å². The van der Waals surface area contributed by atoms with Crippen LogP contribution in [0.25, 0.3) is 11.3 Å². The van der Waals surface area contributed by atoms with Gasteiger partial charge in [0.15, 0.2) is 5.76 Å². The zero-order valence-electron chi connectivity index (χ0n) is 15.4. The van der Waals surface area contributed by atoms with E-state index in [2.05, 4.69) is 26.1 Å². The van der Waals surface area contributed by atoms with E-state index in [-0.39, 0.29) is 22.8 Å². The second-order valence-electron chi connectivity index (χ2n) is 7.25. The van der Waals surface area contributed by atoms with E-state index in [0.717, 1.165) is 0 Å². The van der Waals surface area contributed by atoms with E-state index in [1.165, 1.54) is 17.7 Å². The van der Waals surface area contributed by atoms with Crippen molar-refractivity contribution in [3.63, 3.8) is 0 Å². The van der Waals surface area contributed by atoms with E-state index in [1.54, 1.807) is 24.3 Å². The first-order valence-corrected chi connectivity index (χ1v) is 8.50. The van der Waals surface area contributed by atoms with Gasteiger partial charge < -0.3 is 9.73 Å². The zero-order chi connectivity index (χ0) is 19.6. The lowest BCUT2D eigenvalue weighted by atomic mass is 9.87. The number of carbonyl (C=O) groups excluding carboxylic acids is 1. The van der Waals surface area contributed by atoms with Crippen molar-refractivity contribution < 1.29 is 14.1 Å². The Labute approximate surface area is 157 Å². The predicted molar refractivity (Wildman–Crippen MR) is 104 cm³/mol. The second-order valence-corrected chi connectivity index (χ2v) is 7.25. The first kappa shape index (κ1) is 18.4. The Morgan fingerprint density at radius 1 is 0.963 bits per heavy atom. The van der Waals surface area contributed by atoms with E-state index in [0.29, 0.717) is 17.0 Å². The molecule has 1 N–H and O–H groups in total. The molecular formula is C21H20N2O4. The van der Waals surface area contributed by atoms with Gasteiger partial charge in [-0.15, -0.1) is 0 Å². The minimum atomic E-state index is -0.463. The third kappa shape index (κ3) is 4.23. The SMILES string of the molecule is CC(C)(C)c1ccc(NC(=O)c2ccc(-c3ccc([N+](=O)[O-])cc3)o2)cc1. The van der Waals surface area contributed by atoms with Crippen LogP contribution in [-0.2, 0) is 5.41 Å². The van der Waals surface area contributed by atoms with E-state index in [9.17, 15) is 14.9 Å². The van der Waals surface area contributed by atoms with Crippen LogP contribution in [0.4, 0.5) is 11.4 Å². The third-order valence-electron chi connectivity index (χ3n) is 4.20. The molecule has 27 heavy (non-hydrogen) atoms. The van der Waals surface area contributed by atoms with Gasteiger partial charge in [-0.25, -0.2) is 0 Å². The van der Waals surface area contributed by atoms with E-state index >= 15 is 0 Å². The normalized spacial score (nSPS) is 11.2. The topological polar surface area (TPSA) is 85.4 Å². The maximum absolute atomic E-state index is 12.4. The van der Waals surface area contributed by atoms with Gasteiger partial charge in [-0.1, -0.05) is 32.9 Å². The summed E-state index contributed by atoms with van der Waals surface area (Å²) in [7, 11) is 0. The highest BCUT2D eigenvalue weighted by Crippen LogP contribution is 2.26. The number of hydrogen-bond acceptors (Lipinski definition) is 4. The van der Waals surface area contributed by atoms with Gasteiger partial charge in [-0.2, -0.15) is 0 Å². The number of amides is 1. The van der Waals surface area contributed by atoms with Crippen LogP contribution in [0.5, 0.6) is 0 Å². The molecule has 1 aromatic heterocycles.